The Morgan fingerprint density at radius 1 is 1.20 bits per heavy atom. The monoisotopic (exact) mass is 268 g/mol. The predicted molar refractivity (Wildman–Crippen MR) is 60.5 cm³/mol. The maximum absolute atomic E-state index is 11.7. The average molecular weight is 269 g/mol. The van der Waals surface area contributed by atoms with E-state index in [-0.39, 0.29) is 9.92 Å². The minimum absolute atomic E-state index is 0.0746. The van der Waals surface area contributed by atoms with Crippen LogP contribution >= 0.6 is 23.2 Å². The van der Waals surface area contributed by atoms with Crippen LogP contribution in [0.1, 0.15) is 0 Å². The maximum atomic E-state index is 11.7. The van der Waals surface area contributed by atoms with Gasteiger partial charge in [0.25, 0.3) is 10.0 Å². The molecule has 0 saturated carbocycles. The summed E-state index contributed by atoms with van der Waals surface area (Å²) in [6.45, 7) is 0. The van der Waals surface area contributed by atoms with Crippen molar-refractivity contribution in [2.24, 2.45) is 0 Å². The molecule has 1 aromatic carbocycles. The van der Waals surface area contributed by atoms with Crippen molar-refractivity contribution in [3.63, 3.8) is 0 Å². The lowest BCUT2D eigenvalue weighted by molar-refractivity contribution is 0.364. The smallest absolute Gasteiger partial charge is 0.237 e. The van der Waals surface area contributed by atoms with Crippen LogP contribution in [0.2, 0.25) is 10.0 Å². The number of benzene rings is 1. The third kappa shape index (κ3) is 3.32. The van der Waals surface area contributed by atoms with E-state index in [0.717, 1.165) is 0 Å². The molecule has 0 aromatic heterocycles. The molecule has 0 amide bonds. The van der Waals surface area contributed by atoms with Crippen molar-refractivity contribution in [3.8, 4) is 0 Å². The molecule has 0 heterocycles. The highest BCUT2D eigenvalue weighted by atomic mass is 35.5. The van der Waals surface area contributed by atoms with Gasteiger partial charge >= 0.3 is 0 Å². The van der Waals surface area contributed by atoms with Crippen molar-refractivity contribution in [1.82, 2.24) is 9.84 Å². The van der Waals surface area contributed by atoms with E-state index in [9.17, 15) is 8.42 Å². The highest BCUT2D eigenvalue weighted by Gasteiger charge is 2.15. The lowest BCUT2D eigenvalue weighted by atomic mass is 10.4. The highest BCUT2D eigenvalue weighted by molar-refractivity contribution is 7.89. The maximum Gasteiger partial charge on any atom is 0.253 e. The molecule has 1 aromatic rings. The van der Waals surface area contributed by atoms with Crippen LogP contribution in [0.25, 0.3) is 0 Å². The van der Waals surface area contributed by atoms with Gasteiger partial charge in [0.2, 0.25) is 0 Å². The van der Waals surface area contributed by atoms with Gasteiger partial charge in [-0.05, 0) is 18.2 Å². The van der Waals surface area contributed by atoms with Gasteiger partial charge in [0.15, 0.2) is 0 Å². The van der Waals surface area contributed by atoms with E-state index in [4.69, 9.17) is 23.2 Å². The summed E-state index contributed by atoms with van der Waals surface area (Å²) < 4.78 is 23.3. The Kier molecular flexibility index (Phi) is 3.97. The van der Waals surface area contributed by atoms with E-state index in [1.54, 1.807) is 14.1 Å². The van der Waals surface area contributed by atoms with Crippen LogP contribution in [-0.4, -0.2) is 27.5 Å². The summed E-state index contributed by atoms with van der Waals surface area (Å²) in [5.74, 6) is 0. The second kappa shape index (κ2) is 4.67. The number of hydrazine groups is 1. The molecule has 0 saturated heterocycles. The minimum atomic E-state index is -3.57. The number of halogens is 2. The summed E-state index contributed by atoms with van der Waals surface area (Å²) in [6.07, 6.45) is 0. The number of hydrogen-bond donors (Lipinski definition) is 1. The first-order chi connectivity index (χ1) is 6.83. The first kappa shape index (κ1) is 12.7. The van der Waals surface area contributed by atoms with Crippen LogP contribution in [0.15, 0.2) is 23.1 Å². The third-order valence-electron chi connectivity index (χ3n) is 1.50. The molecule has 0 fully saturated rings. The first-order valence-corrected chi connectivity index (χ1v) is 6.21. The molecule has 0 unspecified atom stereocenters. The fourth-order valence-corrected chi connectivity index (χ4v) is 2.41. The van der Waals surface area contributed by atoms with Crippen molar-refractivity contribution in [3.05, 3.63) is 28.2 Å². The van der Waals surface area contributed by atoms with E-state index in [1.165, 1.54) is 23.2 Å². The Morgan fingerprint density at radius 3 is 2.27 bits per heavy atom. The van der Waals surface area contributed by atoms with Gasteiger partial charge in [-0.2, -0.15) is 0 Å². The second-order valence-corrected chi connectivity index (χ2v) is 5.54. The van der Waals surface area contributed by atoms with Crippen LogP contribution in [0.3, 0.4) is 0 Å². The van der Waals surface area contributed by atoms with Gasteiger partial charge in [-0.1, -0.05) is 23.2 Å². The zero-order valence-electron chi connectivity index (χ0n) is 8.16. The minimum Gasteiger partial charge on any atom is -0.237 e. The zero-order valence-corrected chi connectivity index (χ0v) is 10.5. The molecule has 0 radical (unpaired) electrons. The van der Waals surface area contributed by atoms with E-state index >= 15 is 0 Å². The molecule has 1 rings (SSSR count). The van der Waals surface area contributed by atoms with E-state index in [0.29, 0.717) is 5.02 Å². The lowest BCUT2D eigenvalue weighted by Crippen LogP contribution is -2.36. The summed E-state index contributed by atoms with van der Waals surface area (Å²) in [5, 5.41) is 1.86. The number of rotatable bonds is 3. The molecule has 0 aliphatic heterocycles. The molecule has 1 N–H and O–H groups in total. The standard InChI is InChI=1S/C8H10Cl2N2O2S/c1-12(2)11-15(13,14)6-3-4-7(9)8(10)5-6/h3-5,11H,1-2H3. The molecule has 0 aliphatic rings. The van der Waals surface area contributed by atoms with Gasteiger partial charge in [-0.25, -0.2) is 13.4 Å². The van der Waals surface area contributed by atoms with E-state index < -0.39 is 10.0 Å². The molecule has 15 heavy (non-hydrogen) atoms. The molecule has 0 bridgehead atoms. The summed E-state index contributed by atoms with van der Waals surface area (Å²) in [4.78, 5) is 2.36. The highest BCUT2D eigenvalue weighted by Crippen LogP contribution is 2.24. The third-order valence-corrected chi connectivity index (χ3v) is 3.72. The zero-order chi connectivity index (χ0) is 11.6. The average Bonchev–Trinajstić information content (AvgIpc) is 2.07. The fourth-order valence-electron chi connectivity index (χ4n) is 0.937. The van der Waals surface area contributed by atoms with Gasteiger partial charge in [-0.3, -0.25) is 0 Å². The Bertz CT molecular complexity index is 460. The molecule has 0 aliphatic carbocycles. The van der Waals surface area contributed by atoms with Gasteiger partial charge in [-0.15, -0.1) is 4.83 Å². The van der Waals surface area contributed by atoms with Crippen LogP contribution < -0.4 is 4.83 Å². The predicted octanol–water partition coefficient (Wildman–Crippen LogP) is 1.75. The van der Waals surface area contributed by atoms with Crippen LogP contribution in [0, 0.1) is 0 Å². The second-order valence-electron chi connectivity index (χ2n) is 3.07. The molecular formula is C8H10Cl2N2O2S. The van der Waals surface area contributed by atoms with Crippen LogP contribution in [0.5, 0.6) is 0 Å². The topological polar surface area (TPSA) is 49.4 Å². The van der Waals surface area contributed by atoms with Gasteiger partial charge < -0.3 is 0 Å². The number of nitrogens with one attached hydrogen (secondary N) is 1. The Morgan fingerprint density at radius 2 is 1.80 bits per heavy atom. The molecule has 0 atom stereocenters. The molecule has 84 valence electrons. The van der Waals surface area contributed by atoms with Crippen molar-refractivity contribution >= 4 is 33.2 Å². The van der Waals surface area contributed by atoms with Crippen LogP contribution in [-0.2, 0) is 10.0 Å². The molecule has 0 spiro atoms. The first-order valence-electron chi connectivity index (χ1n) is 3.98. The fraction of sp³-hybridized carbons (Fsp3) is 0.250. The van der Waals surface area contributed by atoms with Gasteiger partial charge in [0.05, 0.1) is 14.9 Å². The largest absolute Gasteiger partial charge is 0.253 e. The SMILES string of the molecule is CN(C)NS(=O)(=O)c1ccc(Cl)c(Cl)c1. The number of hydrogen-bond acceptors (Lipinski definition) is 3. The van der Waals surface area contributed by atoms with Crippen LogP contribution in [0.4, 0.5) is 0 Å². The normalized spacial score (nSPS) is 12.1. The summed E-state index contributed by atoms with van der Waals surface area (Å²) in [7, 11) is -0.409. The van der Waals surface area contributed by atoms with E-state index in [1.807, 2.05) is 0 Å². The van der Waals surface area contributed by atoms with Crippen molar-refractivity contribution in [2.75, 3.05) is 14.1 Å². The summed E-state index contributed by atoms with van der Waals surface area (Å²) in [5.41, 5.74) is 0. The Balaban J connectivity index is 3.11. The Hall–Kier alpha value is -0.330. The van der Waals surface area contributed by atoms with Gasteiger partial charge in [0, 0.05) is 14.1 Å². The molecule has 4 nitrogen and oxygen atoms in total. The summed E-state index contributed by atoms with van der Waals surface area (Å²) in [6, 6.07) is 4.13. The lowest BCUT2D eigenvalue weighted by Gasteiger charge is -2.12. The van der Waals surface area contributed by atoms with Crippen molar-refractivity contribution in [2.45, 2.75) is 4.90 Å². The Labute approximate surface area is 98.8 Å². The van der Waals surface area contributed by atoms with Crippen molar-refractivity contribution < 1.29 is 8.42 Å². The molecule has 7 heteroatoms. The molecular weight excluding hydrogens is 259 g/mol. The van der Waals surface area contributed by atoms with E-state index in [2.05, 4.69) is 4.83 Å². The van der Waals surface area contributed by atoms with Gasteiger partial charge in [0.1, 0.15) is 0 Å². The number of nitrogens with zero attached hydrogens (tertiary/aromatic N) is 1. The van der Waals surface area contributed by atoms with Crippen molar-refractivity contribution in [1.29, 1.82) is 0 Å². The number of sulfonamides is 1. The summed E-state index contributed by atoms with van der Waals surface area (Å²) >= 11 is 11.4. The quantitative estimate of drug-likeness (QED) is 0.850.